The maximum atomic E-state index is 13.0. The molecule has 6 heteroatoms. The molecule has 0 unspecified atom stereocenters. The third-order valence-corrected chi connectivity index (χ3v) is 5.68. The second kappa shape index (κ2) is 6.23. The molecule has 5 nitrogen and oxygen atoms in total. The highest BCUT2D eigenvalue weighted by atomic mass is 32.2. The molecule has 2 N–H and O–H groups in total. The van der Waals surface area contributed by atoms with Gasteiger partial charge in [-0.1, -0.05) is 6.92 Å². The molecule has 0 bridgehead atoms. The average Bonchev–Trinajstić information content (AvgIpc) is 2.43. The Hall–Kier alpha value is -1.27. The lowest BCUT2D eigenvalue weighted by molar-refractivity contribution is 0.278. The number of anilines is 1. The number of rotatable bonds is 5. The van der Waals surface area contributed by atoms with Crippen LogP contribution >= 0.6 is 0 Å². The van der Waals surface area contributed by atoms with Gasteiger partial charge in [0.15, 0.2) is 0 Å². The standard InChI is InChI=1S/C15H24N2O3S/c1-4-7-17(11(2)3)21(18,19)14-10-13(16)9-12-6-5-8-20-15(12)14/h9-11H,4-8,16H2,1-3H3. The second-order valence-electron chi connectivity index (χ2n) is 5.67. The van der Waals surface area contributed by atoms with Crippen molar-refractivity contribution in [3.8, 4) is 5.75 Å². The van der Waals surface area contributed by atoms with Crippen molar-refractivity contribution in [2.75, 3.05) is 18.9 Å². The van der Waals surface area contributed by atoms with E-state index in [4.69, 9.17) is 10.5 Å². The number of hydrogen-bond acceptors (Lipinski definition) is 4. The fraction of sp³-hybridized carbons (Fsp3) is 0.600. The van der Waals surface area contributed by atoms with Gasteiger partial charge in [-0.15, -0.1) is 0 Å². The lowest BCUT2D eigenvalue weighted by atomic mass is 10.1. The lowest BCUT2D eigenvalue weighted by Gasteiger charge is -2.28. The van der Waals surface area contributed by atoms with Crippen molar-refractivity contribution in [1.29, 1.82) is 0 Å². The van der Waals surface area contributed by atoms with E-state index in [9.17, 15) is 8.42 Å². The summed E-state index contributed by atoms with van der Waals surface area (Å²) in [5.41, 5.74) is 7.25. The Bertz CT molecular complexity index is 612. The predicted octanol–water partition coefficient (Wildman–Crippen LogP) is 2.40. The highest BCUT2D eigenvalue weighted by molar-refractivity contribution is 7.89. The fourth-order valence-corrected chi connectivity index (χ4v) is 4.60. The van der Waals surface area contributed by atoms with Crippen molar-refractivity contribution in [2.45, 2.75) is 51.0 Å². The van der Waals surface area contributed by atoms with Gasteiger partial charge in [-0.2, -0.15) is 4.31 Å². The first-order valence-electron chi connectivity index (χ1n) is 7.45. The van der Waals surface area contributed by atoms with Gasteiger partial charge in [0, 0.05) is 18.3 Å². The van der Waals surface area contributed by atoms with Crippen molar-refractivity contribution in [3.63, 3.8) is 0 Å². The summed E-state index contributed by atoms with van der Waals surface area (Å²) in [4.78, 5) is 0.208. The highest BCUT2D eigenvalue weighted by Crippen LogP contribution is 2.36. The Labute approximate surface area is 127 Å². The van der Waals surface area contributed by atoms with Crippen LogP contribution in [0.15, 0.2) is 17.0 Å². The first-order valence-corrected chi connectivity index (χ1v) is 8.89. The summed E-state index contributed by atoms with van der Waals surface area (Å²) in [7, 11) is -3.60. The third kappa shape index (κ3) is 3.16. The van der Waals surface area contributed by atoms with E-state index >= 15 is 0 Å². The minimum absolute atomic E-state index is 0.101. The molecule has 0 aromatic heterocycles. The zero-order valence-corrected chi connectivity index (χ0v) is 13.7. The van der Waals surface area contributed by atoms with Crippen molar-refractivity contribution in [1.82, 2.24) is 4.31 Å². The zero-order chi connectivity index (χ0) is 15.6. The SMILES string of the molecule is CCCN(C(C)C)S(=O)(=O)c1cc(N)cc2c1OCCC2. The first-order chi connectivity index (χ1) is 9.87. The van der Waals surface area contributed by atoms with Crippen molar-refractivity contribution in [2.24, 2.45) is 0 Å². The maximum absolute atomic E-state index is 13.0. The largest absolute Gasteiger partial charge is 0.492 e. The molecular weight excluding hydrogens is 288 g/mol. The number of hydrogen-bond donors (Lipinski definition) is 1. The number of aryl methyl sites for hydroxylation is 1. The average molecular weight is 312 g/mol. The van der Waals surface area contributed by atoms with Gasteiger partial charge in [-0.05, 0) is 50.8 Å². The van der Waals surface area contributed by atoms with Crippen molar-refractivity contribution < 1.29 is 13.2 Å². The highest BCUT2D eigenvalue weighted by Gasteiger charge is 2.31. The van der Waals surface area contributed by atoms with Gasteiger partial charge in [-0.3, -0.25) is 0 Å². The molecule has 1 aromatic carbocycles. The summed E-state index contributed by atoms with van der Waals surface area (Å²) in [5, 5.41) is 0. The Balaban J connectivity index is 2.56. The first kappa shape index (κ1) is 16.1. The molecule has 2 rings (SSSR count). The molecule has 0 saturated heterocycles. The number of benzene rings is 1. The van der Waals surface area contributed by atoms with E-state index in [0.29, 0.717) is 24.6 Å². The number of ether oxygens (including phenoxy) is 1. The smallest absolute Gasteiger partial charge is 0.247 e. The molecule has 0 spiro atoms. The molecule has 0 saturated carbocycles. The molecule has 0 atom stereocenters. The topological polar surface area (TPSA) is 72.6 Å². The van der Waals surface area contributed by atoms with Gasteiger partial charge < -0.3 is 10.5 Å². The van der Waals surface area contributed by atoms with Gasteiger partial charge in [0.05, 0.1) is 6.61 Å². The van der Waals surface area contributed by atoms with E-state index in [0.717, 1.165) is 24.8 Å². The van der Waals surface area contributed by atoms with E-state index in [1.54, 1.807) is 0 Å². The summed E-state index contributed by atoms with van der Waals surface area (Å²) in [5.74, 6) is 0.484. The lowest BCUT2D eigenvalue weighted by Crippen LogP contribution is -2.38. The molecule has 1 aliphatic heterocycles. The maximum Gasteiger partial charge on any atom is 0.247 e. The van der Waals surface area contributed by atoms with Crippen LogP contribution in [0.1, 0.15) is 39.2 Å². The molecule has 0 amide bonds. The molecule has 0 radical (unpaired) electrons. The fourth-order valence-electron chi connectivity index (χ4n) is 2.66. The van der Waals surface area contributed by atoms with Crippen molar-refractivity contribution in [3.05, 3.63) is 17.7 Å². The summed E-state index contributed by atoms with van der Waals surface area (Å²) >= 11 is 0. The van der Waals surface area contributed by atoms with E-state index in [-0.39, 0.29) is 10.9 Å². The van der Waals surface area contributed by atoms with Crippen LogP contribution in [0.4, 0.5) is 5.69 Å². The Kier molecular flexibility index (Phi) is 4.78. The van der Waals surface area contributed by atoms with Gasteiger partial charge in [-0.25, -0.2) is 8.42 Å². The summed E-state index contributed by atoms with van der Waals surface area (Å²) in [6.07, 6.45) is 2.46. The normalized spacial score (nSPS) is 15.1. The molecule has 1 heterocycles. The number of nitrogens with two attached hydrogens (primary N) is 1. The number of nitrogen functional groups attached to an aromatic ring is 1. The minimum atomic E-state index is -3.60. The van der Waals surface area contributed by atoms with Gasteiger partial charge in [0.1, 0.15) is 10.6 Å². The zero-order valence-electron chi connectivity index (χ0n) is 12.9. The molecule has 21 heavy (non-hydrogen) atoms. The van der Waals surface area contributed by atoms with Crippen LogP contribution in [-0.2, 0) is 16.4 Å². The summed E-state index contributed by atoms with van der Waals surface area (Å²) in [6, 6.07) is 3.23. The van der Waals surface area contributed by atoms with Gasteiger partial charge >= 0.3 is 0 Å². The van der Waals surface area contributed by atoms with E-state index in [2.05, 4.69) is 0 Å². The molecule has 1 aliphatic rings. The molecule has 0 aliphatic carbocycles. The van der Waals surface area contributed by atoms with Crippen molar-refractivity contribution >= 4 is 15.7 Å². The minimum Gasteiger partial charge on any atom is -0.492 e. The Morgan fingerprint density at radius 3 is 2.71 bits per heavy atom. The van der Waals surface area contributed by atoms with E-state index in [1.807, 2.05) is 26.8 Å². The van der Waals surface area contributed by atoms with Crippen LogP contribution in [-0.4, -0.2) is 31.9 Å². The monoisotopic (exact) mass is 312 g/mol. The number of sulfonamides is 1. The molecule has 1 aromatic rings. The quantitative estimate of drug-likeness (QED) is 0.847. The molecule has 118 valence electrons. The van der Waals surface area contributed by atoms with Crippen LogP contribution in [0.25, 0.3) is 0 Å². The van der Waals surface area contributed by atoms with E-state index in [1.165, 1.54) is 10.4 Å². The van der Waals surface area contributed by atoms with Crippen LogP contribution in [0, 0.1) is 0 Å². The van der Waals surface area contributed by atoms with Crippen LogP contribution in [0.5, 0.6) is 5.75 Å². The molecular formula is C15H24N2O3S. The van der Waals surface area contributed by atoms with Crippen LogP contribution < -0.4 is 10.5 Å². The van der Waals surface area contributed by atoms with Gasteiger partial charge in [0.25, 0.3) is 0 Å². The Morgan fingerprint density at radius 2 is 2.10 bits per heavy atom. The molecule has 0 fully saturated rings. The van der Waals surface area contributed by atoms with Crippen LogP contribution in [0.3, 0.4) is 0 Å². The van der Waals surface area contributed by atoms with Gasteiger partial charge in [0.2, 0.25) is 10.0 Å². The number of nitrogens with zero attached hydrogens (tertiary/aromatic N) is 1. The second-order valence-corrected chi connectivity index (χ2v) is 7.53. The number of fused-ring (bicyclic) bond motifs is 1. The van der Waals surface area contributed by atoms with Crippen LogP contribution in [0.2, 0.25) is 0 Å². The summed E-state index contributed by atoms with van der Waals surface area (Å²) in [6.45, 7) is 6.77. The summed E-state index contributed by atoms with van der Waals surface area (Å²) < 4.78 is 33.1. The third-order valence-electron chi connectivity index (χ3n) is 3.60. The predicted molar refractivity (Wildman–Crippen MR) is 84.0 cm³/mol. The Morgan fingerprint density at radius 1 is 1.38 bits per heavy atom. The van der Waals surface area contributed by atoms with E-state index < -0.39 is 10.0 Å².